The van der Waals surface area contributed by atoms with Crippen LogP contribution in [0.15, 0.2) is 72.9 Å². The van der Waals surface area contributed by atoms with E-state index in [2.05, 4.69) is 39.9 Å². The lowest BCUT2D eigenvalue weighted by Gasteiger charge is -2.09. The van der Waals surface area contributed by atoms with Crippen molar-refractivity contribution in [3.8, 4) is 5.75 Å². The largest absolute Gasteiger partial charge is 0.497 e. The van der Waals surface area contributed by atoms with Gasteiger partial charge in [0.15, 0.2) is 0 Å². The lowest BCUT2D eigenvalue weighted by atomic mass is 10.1. The molecule has 0 saturated carbocycles. The summed E-state index contributed by atoms with van der Waals surface area (Å²) in [6.45, 7) is 1.40. The Hall–Kier alpha value is -3.34. The Bertz CT molecular complexity index is 896. The van der Waals surface area contributed by atoms with E-state index in [1.54, 1.807) is 19.4 Å². The van der Waals surface area contributed by atoms with Crippen LogP contribution in [-0.2, 0) is 12.8 Å². The second-order valence-corrected chi connectivity index (χ2v) is 6.80. The minimum atomic E-state index is -0.142. The molecular formula is C24H27N3O2. The zero-order valence-electron chi connectivity index (χ0n) is 16.7. The van der Waals surface area contributed by atoms with Crippen molar-refractivity contribution in [3.05, 3.63) is 89.7 Å². The highest BCUT2D eigenvalue weighted by molar-refractivity contribution is 5.93. The number of hydrogen-bond acceptors (Lipinski definition) is 4. The van der Waals surface area contributed by atoms with Crippen LogP contribution in [0.2, 0.25) is 0 Å². The van der Waals surface area contributed by atoms with Crippen LogP contribution in [0.1, 0.15) is 28.0 Å². The van der Waals surface area contributed by atoms with Gasteiger partial charge < -0.3 is 15.4 Å². The summed E-state index contributed by atoms with van der Waals surface area (Å²) >= 11 is 0. The number of hydrogen-bond donors (Lipinski definition) is 2. The molecule has 1 amide bonds. The van der Waals surface area contributed by atoms with Gasteiger partial charge in [-0.3, -0.25) is 9.78 Å². The van der Waals surface area contributed by atoms with E-state index >= 15 is 0 Å². The Labute approximate surface area is 172 Å². The SMILES string of the molecule is COc1ccc(CCNc2ccnc(C(=O)NCCCc3ccccc3)c2)cc1. The first kappa shape index (κ1) is 20.4. The fourth-order valence-electron chi connectivity index (χ4n) is 3.04. The number of carbonyl (C=O) groups excluding carboxylic acids is 1. The first-order valence-electron chi connectivity index (χ1n) is 9.89. The van der Waals surface area contributed by atoms with Gasteiger partial charge in [0, 0.05) is 25.0 Å². The van der Waals surface area contributed by atoms with Crippen LogP contribution in [-0.4, -0.2) is 31.1 Å². The molecule has 0 saturated heterocycles. The van der Waals surface area contributed by atoms with Crippen LogP contribution in [0.25, 0.3) is 0 Å². The summed E-state index contributed by atoms with van der Waals surface area (Å²) in [4.78, 5) is 16.5. The second-order valence-electron chi connectivity index (χ2n) is 6.80. The first-order chi connectivity index (χ1) is 14.2. The highest BCUT2D eigenvalue weighted by Crippen LogP contribution is 2.13. The summed E-state index contributed by atoms with van der Waals surface area (Å²) in [6.07, 6.45) is 4.39. The van der Waals surface area contributed by atoms with Crippen molar-refractivity contribution in [1.29, 1.82) is 0 Å². The quantitative estimate of drug-likeness (QED) is 0.512. The van der Waals surface area contributed by atoms with Gasteiger partial charge in [0.1, 0.15) is 11.4 Å². The van der Waals surface area contributed by atoms with Crippen molar-refractivity contribution >= 4 is 11.6 Å². The minimum absolute atomic E-state index is 0.142. The van der Waals surface area contributed by atoms with Crippen LogP contribution < -0.4 is 15.4 Å². The van der Waals surface area contributed by atoms with E-state index in [-0.39, 0.29) is 5.91 Å². The van der Waals surface area contributed by atoms with E-state index in [1.165, 1.54) is 11.1 Å². The Morgan fingerprint density at radius 1 is 0.931 bits per heavy atom. The van der Waals surface area contributed by atoms with Crippen molar-refractivity contribution in [2.75, 3.05) is 25.5 Å². The highest BCUT2D eigenvalue weighted by atomic mass is 16.5. The van der Waals surface area contributed by atoms with Crippen molar-refractivity contribution in [3.63, 3.8) is 0 Å². The van der Waals surface area contributed by atoms with Gasteiger partial charge in [0.2, 0.25) is 0 Å². The molecule has 3 aromatic rings. The molecule has 150 valence electrons. The van der Waals surface area contributed by atoms with E-state index in [0.717, 1.165) is 37.2 Å². The molecule has 0 aliphatic rings. The second kappa shape index (κ2) is 10.9. The van der Waals surface area contributed by atoms with E-state index in [4.69, 9.17) is 4.74 Å². The molecule has 29 heavy (non-hydrogen) atoms. The number of rotatable bonds is 10. The number of nitrogens with one attached hydrogen (secondary N) is 2. The number of pyridine rings is 1. The number of benzene rings is 2. The summed E-state index contributed by atoms with van der Waals surface area (Å²) in [5.41, 5.74) is 3.83. The Morgan fingerprint density at radius 2 is 1.69 bits per heavy atom. The average molecular weight is 389 g/mol. The molecule has 5 nitrogen and oxygen atoms in total. The van der Waals surface area contributed by atoms with Crippen molar-refractivity contribution in [2.24, 2.45) is 0 Å². The molecule has 0 aliphatic heterocycles. The standard InChI is InChI=1S/C24H27N3O2/c1-29-22-11-9-20(10-12-22)13-16-25-21-14-17-26-23(18-21)24(28)27-15-5-8-19-6-3-2-4-7-19/h2-4,6-7,9-12,14,17-18H,5,8,13,15-16H2,1H3,(H,25,26)(H,27,28). The normalized spacial score (nSPS) is 10.4. The summed E-state index contributed by atoms with van der Waals surface area (Å²) in [5.74, 6) is 0.715. The number of aromatic nitrogens is 1. The van der Waals surface area contributed by atoms with Crippen LogP contribution in [0, 0.1) is 0 Å². The summed E-state index contributed by atoms with van der Waals surface area (Å²) in [6, 6.07) is 22.0. The Morgan fingerprint density at radius 3 is 2.45 bits per heavy atom. The van der Waals surface area contributed by atoms with E-state index < -0.39 is 0 Å². The fraction of sp³-hybridized carbons (Fsp3) is 0.250. The van der Waals surface area contributed by atoms with Crippen LogP contribution in [0.5, 0.6) is 5.75 Å². The number of aryl methyl sites for hydroxylation is 1. The number of anilines is 1. The smallest absolute Gasteiger partial charge is 0.269 e. The number of carbonyl (C=O) groups is 1. The molecular weight excluding hydrogens is 362 g/mol. The molecule has 0 bridgehead atoms. The monoisotopic (exact) mass is 389 g/mol. The maximum atomic E-state index is 12.4. The third-order valence-corrected chi connectivity index (χ3v) is 4.67. The minimum Gasteiger partial charge on any atom is -0.497 e. The van der Waals surface area contributed by atoms with Crippen LogP contribution >= 0.6 is 0 Å². The summed E-state index contributed by atoms with van der Waals surface area (Å²) in [5, 5.41) is 6.30. The molecule has 1 heterocycles. The topological polar surface area (TPSA) is 63.2 Å². The number of methoxy groups -OCH3 is 1. The van der Waals surface area contributed by atoms with E-state index in [9.17, 15) is 4.79 Å². The number of nitrogens with zero attached hydrogens (tertiary/aromatic N) is 1. The predicted octanol–water partition coefficient (Wildman–Crippen LogP) is 4.11. The molecule has 0 spiro atoms. The lowest BCUT2D eigenvalue weighted by molar-refractivity contribution is 0.0948. The maximum Gasteiger partial charge on any atom is 0.269 e. The van der Waals surface area contributed by atoms with E-state index in [1.807, 2.05) is 36.4 Å². The van der Waals surface area contributed by atoms with Gasteiger partial charge in [-0.15, -0.1) is 0 Å². The first-order valence-corrected chi connectivity index (χ1v) is 9.89. The Kier molecular flexibility index (Phi) is 7.63. The van der Waals surface area contributed by atoms with Crippen LogP contribution in [0.4, 0.5) is 5.69 Å². The molecule has 0 unspecified atom stereocenters. The molecule has 2 N–H and O–H groups in total. The summed E-state index contributed by atoms with van der Waals surface area (Å²) in [7, 11) is 1.66. The lowest BCUT2D eigenvalue weighted by Crippen LogP contribution is -2.25. The molecule has 0 atom stereocenters. The van der Waals surface area contributed by atoms with Gasteiger partial charge in [-0.2, -0.15) is 0 Å². The van der Waals surface area contributed by atoms with Gasteiger partial charge in [-0.25, -0.2) is 0 Å². The number of amides is 1. The maximum absolute atomic E-state index is 12.4. The molecule has 0 radical (unpaired) electrons. The van der Waals surface area contributed by atoms with Gasteiger partial charge in [0.25, 0.3) is 5.91 Å². The number of ether oxygens (including phenoxy) is 1. The van der Waals surface area contributed by atoms with Crippen LogP contribution in [0.3, 0.4) is 0 Å². The molecule has 3 rings (SSSR count). The molecule has 0 aliphatic carbocycles. The van der Waals surface area contributed by atoms with Gasteiger partial charge in [-0.1, -0.05) is 42.5 Å². The van der Waals surface area contributed by atoms with Crippen molar-refractivity contribution < 1.29 is 9.53 Å². The van der Waals surface area contributed by atoms with Gasteiger partial charge >= 0.3 is 0 Å². The average Bonchev–Trinajstić information content (AvgIpc) is 2.78. The van der Waals surface area contributed by atoms with Gasteiger partial charge in [-0.05, 0) is 54.7 Å². The molecule has 2 aromatic carbocycles. The molecule has 1 aromatic heterocycles. The zero-order chi connectivity index (χ0) is 20.3. The molecule has 0 fully saturated rings. The highest BCUT2D eigenvalue weighted by Gasteiger charge is 2.07. The zero-order valence-corrected chi connectivity index (χ0v) is 16.7. The predicted molar refractivity (Wildman–Crippen MR) is 117 cm³/mol. The van der Waals surface area contributed by atoms with Gasteiger partial charge in [0.05, 0.1) is 7.11 Å². The fourth-order valence-corrected chi connectivity index (χ4v) is 3.04. The van der Waals surface area contributed by atoms with E-state index in [0.29, 0.717) is 12.2 Å². The molecule has 5 heteroatoms. The third kappa shape index (κ3) is 6.64. The third-order valence-electron chi connectivity index (χ3n) is 4.67. The summed E-state index contributed by atoms with van der Waals surface area (Å²) < 4.78 is 5.18. The van der Waals surface area contributed by atoms with Crippen molar-refractivity contribution in [2.45, 2.75) is 19.3 Å². The Balaban J connectivity index is 1.42. The van der Waals surface area contributed by atoms with Crippen molar-refractivity contribution in [1.82, 2.24) is 10.3 Å².